The quantitative estimate of drug-likeness (QED) is 0.789. The van der Waals surface area contributed by atoms with Crippen LogP contribution in [0.4, 0.5) is 5.69 Å². The van der Waals surface area contributed by atoms with Crippen LogP contribution in [-0.2, 0) is 9.59 Å². The Labute approximate surface area is 166 Å². The van der Waals surface area contributed by atoms with Gasteiger partial charge in [0.2, 0.25) is 5.91 Å². The van der Waals surface area contributed by atoms with E-state index in [0.717, 1.165) is 25.9 Å². The Hall–Kier alpha value is -1.79. The first-order valence-corrected chi connectivity index (χ1v) is 9.81. The van der Waals surface area contributed by atoms with Gasteiger partial charge >= 0.3 is 0 Å². The number of amides is 2. The first-order valence-electron chi connectivity index (χ1n) is 9.44. The monoisotopic (exact) mass is 393 g/mol. The van der Waals surface area contributed by atoms with Crippen LogP contribution in [0.2, 0.25) is 5.02 Å². The molecule has 1 aromatic rings. The zero-order valence-electron chi connectivity index (χ0n) is 16.5. The Balaban J connectivity index is 1.70. The molecule has 1 saturated heterocycles. The number of nitrogens with zero attached hydrogens (tertiary/aromatic N) is 3. The van der Waals surface area contributed by atoms with Gasteiger partial charge in [-0.05, 0) is 65.0 Å². The van der Waals surface area contributed by atoms with Crippen LogP contribution in [0.1, 0.15) is 33.1 Å². The standard InChI is InChI=1S/C20H28ClN3O3/c1-20(2)19(26)24(16-13-14(21)5-6-17(16)27-20)12-9-18(25)23(4)15-7-10-22(3)11-8-15/h5-6,13,15H,7-12H2,1-4H3. The van der Waals surface area contributed by atoms with Gasteiger partial charge in [0.05, 0.1) is 5.69 Å². The molecule has 7 heteroatoms. The Morgan fingerprint density at radius 1 is 1.33 bits per heavy atom. The molecule has 0 aromatic heterocycles. The smallest absolute Gasteiger partial charge is 0.270 e. The second-order valence-electron chi connectivity index (χ2n) is 7.97. The van der Waals surface area contributed by atoms with E-state index in [1.807, 2.05) is 11.9 Å². The molecule has 2 heterocycles. The highest BCUT2D eigenvalue weighted by molar-refractivity contribution is 6.31. The lowest BCUT2D eigenvalue weighted by atomic mass is 10.0. The van der Waals surface area contributed by atoms with E-state index in [0.29, 0.717) is 23.0 Å². The van der Waals surface area contributed by atoms with Gasteiger partial charge in [0.25, 0.3) is 5.91 Å². The first kappa shape index (κ1) is 20.0. The van der Waals surface area contributed by atoms with Crippen molar-refractivity contribution >= 4 is 29.1 Å². The summed E-state index contributed by atoms with van der Waals surface area (Å²) in [5, 5.41) is 0.532. The molecule has 0 N–H and O–H groups in total. The van der Waals surface area contributed by atoms with Gasteiger partial charge < -0.3 is 19.4 Å². The van der Waals surface area contributed by atoms with E-state index in [1.165, 1.54) is 0 Å². The zero-order chi connectivity index (χ0) is 19.8. The number of hydrogen-bond donors (Lipinski definition) is 0. The van der Waals surface area contributed by atoms with E-state index in [1.54, 1.807) is 36.9 Å². The fraction of sp³-hybridized carbons (Fsp3) is 0.600. The Bertz CT molecular complexity index is 729. The predicted octanol–water partition coefficient (Wildman–Crippen LogP) is 2.79. The van der Waals surface area contributed by atoms with Crippen molar-refractivity contribution in [3.8, 4) is 5.75 Å². The van der Waals surface area contributed by atoms with Crippen LogP contribution < -0.4 is 9.64 Å². The fourth-order valence-electron chi connectivity index (χ4n) is 3.73. The molecule has 6 nitrogen and oxygen atoms in total. The molecule has 2 aliphatic rings. The predicted molar refractivity (Wildman–Crippen MR) is 106 cm³/mol. The zero-order valence-corrected chi connectivity index (χ0v) is 17.3. The summed E-state index contributed by atoms with van der Waals surface area (Å²) in [5.41, 5.74) is -0.342. The third-order valence-electron chi connectivity index (χ3n) is 5.52. The minimum absolute atomic E-state index is 0.0604. The van der Waals surface area contributed by atoms with Gasteiger partial charge in [-0.3, -0.25) is 9.59 Å². The number of benzene rings is 1. The summed E-state index contributed by atoms with van der Waals surface area (Å²) < 4.78 is 5.83. The molecule has 2 amide bonds. The van der Waals surface area contributed by atoms with Gasteiger partial charge in [-0.1, -0.05) is 11.6 Å². The number of carbonyl (C=O) groups excluding carboxylic acids is 2. The highest BCUT2D eigenvalue weighted by Gasteiger charge is 2.41. The van der Waals surface area contributed by atoms with Gasteiger partial charge in [-0.25, -0.2) is 0 Å². The van der Waals surface area contributed by atoms with Crippen LogP contribution in [0.5, 0.6) is 5.75 Å². The fourth-order valence-corrected chi connectivity index (χ4v) is 3.90. The number of hydrogen-bond acceptors (Lipinski definition) is 4. The summed E-state index contributed by atoms with van der Waals surface area (Å²) in [6.45, 7) is 5.81. The molecule has 0 atom stereocenters. The number of fused-ring (bicyclic) bond motifs is 1. The number of carbonyl (C=O) groups is 2. The van der Waals surface area contributed by atoms with Crippen molar-refractivity contribution in [2.45, 2.75) is 44.8 Å². The van der Waals surface area contributed by atoms with Crippen molar-refractivity contribution in [2.75, 3.05) is 38.6 Å². The molecule has 0 spiro atoms. The van der Waals surface area contributed by atoms with Crippen molar-refractivity contribution in [3.05, 3.63) is 23.2 Å². The number of anilines is 1. The van der Waals surface area contributed by atoms with Crippen LogP contribution in [0.3, 0.4) is 0 Å². The minimum atomic E-state index is -0.969. The molecular weight excluding hydrogens is 366 g/mol. The summed E-state index contributed by atoms with van der Waals surface area (Å²) in [6.07, 6.45) is 2.25. The topological polar surface area (TPSA) is 53.1 Å². The van der Waals surface area contributed by atoms with Crippen molar-refractivity contribution < 1.29 is 14.3 Å². The summed E-state index contributed by atoms with van der Waals surface area (Å²) in [5.74, 6) is 0.511. The molecule has 0 unspecified atom stereocenters. The van der Waals surface area contributed by atoms with E-state index in [-0.39, 0.29) is 24.3 Å². The number of piperidine rings is 1. The highest BCUT2D eigenvalue weighted by Crippen LogP contribution is 2.39. The molecular formula is C20H28ClN3O3. The van der Waals surface area contributed by atoms with E-state index in [4.69, 9.17) is 16.3 Å². The minimum Gasteiger partial charge on any atom is -0.476 e. The van der Waals surface area contributed by atoms with Crippen molar-refractivity contribution in [3.63, 3.8) is 0 Å². The molecule has 27 heavy (non-hydrogen) atoms. The van der Waals surface area contributed by atoms with E-state index in [9.17, 15) is 9.59 Å². The molecule has 1 fully saturated rings. The average Bonchev–Trinajstić information content (AvgIpc) is 2.62. The third kappa shape index (κ3) is 4.22. The SMILES string of the molecule is CN1CCC(N(C)C(=O)CCN2C(=O)C(C)(C)Oc3ccc(Cl)cc32)CC1. The number of halogens is 1. The average molecular weight is 394 g/mol. The van der Waals surface area contributed by atoms with Gasteiger partial charge in [0, 0.05) is 31.1 Å². The lowest BCUT2D eigenvalue weighted by Crippen LogP contribution is -2.53. The molecule has 0 saturated carbocycles. The van der Waals surface area contributed by atoms with Crippen LogP contribution in [0.25, 0.3) is 0 Å². The van der Waals surface area contributed by atoms with E-state index < -0.39 is 5.60 Å². The molecule has 1 aromatic carbocycles. The van der Waals surface area contributed by atoms with Gasteiger partial charge in [0.15, 0.2) is 5.60 Å². The lowest BCUT2D eigenvalue weighted by Gasteiger charge is -2.39. The van der Waals surface area contributed by atoms with Crippen molar-refractivity contribution in [1.82, 2.24) is 9.80 Å². The first-order chi connectivity index (χ1) is 12.7. The van der Waals surface area contributed by atoms with Crippen LogP contribution in [-0.4, -0.2) is 67.0 Å². The Morgan fingerprint density at radius 3 is 2.67 bits per heavy atom. The maximum Gasteiger partial charge on any atom is 0.270 e. The molecule has 0 aliphatic carbocycles. The van der Waals surface area contributed by atoms with Gasteiger partial charge in [-0.2, -0.15) is 0 Å². The summed E-state index contributed by atoms with van der Waals surface area (Å²) in [7, 11) is 3.97. The second-order valence-corrected chi connectivity index (χ2v) is 8.41. The number of likely N-dealkylation sites (tertiary alicyclic amines) is 1. The Kier molecular flexibility index (Phi) is 5.68. The highest BCUT2D eigenvalue weighted by atomic mass is 35.5. The largest absolute Gasteiger partial charge is 0.476 e. The molecule has 3 rings (SSSR count). The van der Waals surface area contributed by atoms with Crippen molar-refractivity contribution in [1.29, 1.82) is 0 Å². The van der Waals surface area contributed by atoms with E-state index in [2.05, 4.69) is 11.9 Å². The normalized spacial score (nSPS) is 20.2. The number of rotatable bonds is 4. The maximum absolute atomic E-state index is 12.9. The molecule has 0 radical (unpaired) electrons. The van der Waals surface area contributed by atoms with E-state index >= 15 is 0 Å². The summed E-state index contributed by atoms with van der Waals surface area (Å²) in [6, 6.07) is 5.50. The van der Waals surface area contributed by atoms with Crippen LogP contribution >= 0.6 is 11.6 Å². The Morgan fingerprint density at radius 2 is 2.00 bits per heavy atom. The van der Waals surface area contributed by atoms with Gasteiger partial charge in [0.1, 0.15) is 5.75 Å². The van der Waals surface area contributed by atoms with Crippen LogP contribution in [0, 0.1) is 0 Å². The van der Waals surface area contributed by atoms with Gasteiger partial charge in [-0.15, -0.1) is 0 Å². The number of ether oxygens (including phenoxy) is 1. The van der Waals surface area contributed by atoms with Crippen LogP contribution in [0.15, 0.2) is 18.2 Å². The maximum atomic E-state index is 12.9. The van der Waals surface area contributed by atoms with Crippen molar-refractivity contribution in [2.24, 2.45) is 0 Å². The summed E-state index contributed by atoms with van der Waals surface area (Å²) in [4.78, 5) is 31.4. The second kappa shape index (κ2) is 7.68. The molecule has 2 aliphatic heterocycles. The summed E-state index contributed by atoms with van der Waals surface area (Å²) >= 11 is 6.11. The third-order valence-corrected chi connectivity index (χ3v) is 5.75. The molecule has 0 bridgehead atoms. The lowest BCUT2D eigenvalue weighted by molar-refractivity contribution is -0.134. The molecule has 148 valence electrons.